The molecule has 24 heavy (non-hydrogen) atoms. The van der Waals surface area contributed by atoms with Crippen LogP contribution in [0.2, 0.25) is 0 Å². The molecule has 0 atom stereocenters. The van der Waals surface area contributed by atoms with Crippen molar-refractivity contribution in [3.63, 3.8) is 0 Å². The zero-order valence-electron chi connectivity index (χ0n) is 14.6. The molecule has 2 aromatic rings. The summed E-state index contributed by atoms with van der Waals surface area (Å²) >= 11 is 0. The molecule has 1 saturated carbocycles. The molecule has 0 aliphatic heterocycles. The van der Waals surface area contributed by atoms with Crippen LogP contribution in [-0.2, 0) is 6.54 Å². The van der Waals surface area contributed by atoms with Crippen LogP contribution in [0.5, 0.6) is 0 Å². The van der Waals surface area contributed by atoms with Crippen LogP contribution >= 0.6 is 0 Å². The van der Waals surface area contributed by atoms with E-state index in [-0.39, 0.29) is 12.5 Å². The molecule has 0 bridgehead atoms. The summed E-state index contributed by atoms with van der Waals surface area (Å²) in [7, 11) is 0. The fourth-order valence-corrected chi connectivity index (χ4v) is 3.91. The Balaban J connectivity index is 1.78. The van der Waals surface area contributed by atoms with Crippen LogP contribution in [0.3, 0.4) is 0 Å². The van der Waals surface area contributed by atoms with Crippen LogP contribution in [0.1, 0.15) is 54.4 Å². The molecule has 3 rings (SSSR count). The Morgan fingerprint density at radius 2 is 2.00 bits per heavy atom. The largest absolute Gasteiger partial charge is 0.395 e. The second-order valence-electron chi connectivity index (χ2n) is 7.00. The first-order valence-electron chi connectivity index (χ1n) is 9.18. The number of hydrogen-bond acceptors (Lipinski definition) is 2. The molecule has 1 aliphatic rings. The first-order valence-corrected chi connectivity index (χ1v) is 9.18. The number of para-hydroxylation sites is 1. The van der Waals surface area contributed by atoms with Gasteiger partial charge in [0.25, 0.3) is 5.91 Å². The molecule has 1 heterocycles. The Bertz CT molecular complexity index is 697. The Kier molecular flexibility index (Phi) is 5.56. The lowest BCUT2D eigenvalue weighted by Crippen LogP contribution is -2.29. The van der Waals surface area contributed by atoms with Gasteiger partial charge in [0.05, 0.1) is 17.7 Å². The molecular weight excluding hydrogens is 300 g/mol. The maximum Gasteiger partial charge on any atom is 0.253 e. The third kappa shape index (κ3) is 3.64. The Morgan fingerprint density at radius 3 is 2.71 bits per heavy atom. The van der Waals surface area contributed by atoms with Crippen molar-refractivity contribution >= 4 is 16.8 Å². The van der Waals surface area contributed by atoms with Crippen molar-refractivity contribution in [3.8, 4) is 0 Å². The zero-order valence-corrected chi connectivity index (χ0v) is 14.6. The molecule has 0 saturated heterocycles. The summed E-state index contributed by atoms with van der Waals surface area (Å²) in [4.78, 5) is 12.7. The lowest BCUT2D eigenvalue weighted by atomic mass is 10.0. The second kappa shape index (κ2) is 7.84. The van der Waals surface area contributed by atoms with Crippen molar-refractivity contribution < 1.29 is 9.90 Å². The van der Waals surface area contributed by atoms with E-state index >= 15 is 0 Å². The summed E-state index contributed by atoms with van der Waals surface area (Å²) in [5.74, 6) is 0.621. The van der Waals surface area contributed by atoms with E-state index in [1.807, 2.05) is 35.9 Å². The van der Waals surface area contributed by atoms with Gasteiger partial charge >= 0.3 is 0 Å². The van der Waals surface area contributed by atoms with Gasteiger partial charge in [-0.05, 0) is 31.2 Å². The first-order chi connectivity index (χ1) is 11.7. The van der Waals surface area contributed by atoms with E-state index in [2.05, 4.69) is 5.32 Å². The quantitative estimate of drug-likeness (QED) is 0.823. The summed E-state index contributed by atoms with van der Waals surface area (Å²) in [6.07, 6.45) is 9.58. The second-order valence-corrected chi connectivity index (χ2v) is 7.00. The number of aliphatic hydroxyl groups is 1. The van der Waals surface area contributed by atoms with Crippen molar-refractivity contribution in [3.05, 3.63) is 35.5 Å². The summed E-state index contributed by atoms with van der Waals surface area (Å²) in [5, 5.41) is 13.4. The normalized spacial score (nSPS) is 16.2. The summed E-state index contributed by atoms with van der Waals surface area (Å²) in [6.45, 7) is 3.40. The van der Waals surface area contributed by atoms with E-state index in [4.69, 9.17) is 0 Å². The molecule has 4 heteroatoms. The van der Waals surface area contributed by atoms with E-state index in [1.165, 1.54) is 38.5 Å². The van der Waals surface area contributed by atoms with E-state index in [0.717, 1.165) is 28.6 Å². The molecule has 0 unspecified atom stereocenters. The fraction of sp³-hybridized carbons (Fsp3) is 0.550. The molecule has 2 N–H and O–H groups in total. The highest BCUT2D eigenvalue weighted by molar-refractivity contribution is 6.07. The molecule has 1 fully saturated rings. The van der Waals surface area contributed by atoms with Crippen LogP contribution < -0.4 is 5.32 Å². The highest BCUT2D eigenvalue weighted by Crippen LogP contribution is 2.25. The Morgan fingerprint density at radius 1 is 1.25 bits per heavy atom. The number of hydrogen-bond donors (Lipinski definition) is 2. The van der Waals surface area contributed by atoms with Crippen LogP contribution in [-0.4, -0.2) is 28.7 Å². The van der Waals surface area contributed by atoms with Crippen LogP contribution in [0.4, 0.5) is 0 Å². The third-order valence-corrected chi connectivity index (χ3v) is 5.21. The smallest absolute Gasteiger partial charge is 0.253 e. The van der Waals surface area contributed by atoms with Crippen LogP contribution in [0, 0.1) is 12.8 Å². The molecule has 4 nitrogen and oxygen atoms in total. The van der Waals surface area contributed by atoms with Crippen molar-refractivity contribution in [1.82, 2.24) is 9.88 Å². The van der Waals surface area contributed by atoms with Gasteiger partial charge in [0.15, 0.2) is 0 Å². The lowest BCUT2D eigenvalue weighted by Gasteiger charge is -2.14. The molecule has 0 radical (unpaired) electrons. The maximum absolute atomic E-state index is 12.7. The van der Waals surface area contributed by atoms with Gasteiger partial charge in [-0.1, -0.05) is 43.9 Å². The molecule has 1 aliphatic carbocycles. The number of amides is 1. The SMILES string of the molecule is Cc1cccc2c(C(=O)NCC3CCCCCC3)cn(CCO)c12. The molecular formula is C20H28N2O2. The van der Waals surface area contributed by atoms with E-state index in [0.29, 0.717) is 12.5 Å². The summed E-state index contributed by atoms with van der Waals surface area (Å²) < 4.78 is 1.99. The number of carbonyl (C=O) groups is 1. The standard InChI is InChI=1S/C20H28N2O2/c1-15-7-6-10-17-18(14-22(11-12-23)19(15)17)20(24)21-13-16-8-4-2-3-5-9-16/h6-7,10,14,16,23H,2-5,8-9,11-13H2,1H3,(H,21,24). The van der Waals surface area contributed by atoms with Crippen molar-refractivity contribution in [2.75, 3.05) is 13.2 Å². The fourth-order valence-electron chi connectivity index (χ4n) is 3.91. The Hall–Kier alpha value is -1.81. The number of nitrogens with one attached hydrogen (secondary N) is 1. The van der Waals surface area contributed by atoms with Crippen LogP contribution in [0.15, 0.2) is 24.4 Å². The molecule has 0 spiro atoms. The van der Waals surface area contributed by atoms with E-state index < -0.39 is 0 Å². The molecule has 1 aromatic carbocycles. The van der Waals surface area contributed by atoms with Gasteiger partial charge in [0.2, 0.25) is 0 Å². The van der Waals surface area contributed by atoms with Crippen molar-refractivity contribution in [2.24, 2.45) is 5.92 Å². The molecule has 1 amide bonds. The van der Waals surface area contributed by atoms with Gasteiger partial charge in [0.1, 0.15) is 0 Å². The summed E-state index contributed by atoms with van der Waals surface area (Å²) in [6, 6.07) is 6.03. The number of aryl methyl sites for hydroxylation is 1. The monoisotopic (exact) mass is 328 g/mol. The topological polar surface area (TPSA) is 54.3 Å². The average molecular weight is 328 g/mol. The predicted molar refractivity (Wildman–Crippen MR) is 97.3 cm³/mol. The number of fused-ring (bicyclic) bond motifs is 1. The van der Waals surface area contributed by atoms with Gasteiger partial charge in [-0.2, -0.15) is 0 Å². The number of nitrogens with zero attached hydrogens (tertiary/aromatic N) is 1. The first kappa shape index (κ1) is 17.0. The van der Waals surface area contributed by atoms with Gasteiger partial charge < -0.3 is 15.0 Å². The Labute approximate surface area is 143 Å². The van der Waals surface area contributed by atoms with Crippen molar-refractivity contribution in [1.29, 1.82) is 0 Å². The number of aliphatic hydroxyl groups excluding tert-OH is 1. The average Bonchev–Trinajstić information content (AvgIpc) is 2.77. The predicted octanol–water partition coefficient (Wildman–Crippen LogP) is 3.64. The minimum absolute atomic E-state index is 0.00605. The molecule has 130 valence electrons. The van der Waals surface area contributed by atoms with Crippen molar-refractivity contribution in [2.45, 2.75) is 52.0 Å². The van der Waals surface area contributed by atoms with E-state index in [9.17, 15) is 9.90 Å². The van der Waals surface area contributed by atoms with Gasteiger partial charge in [-0.15, -0.1) is 0 Å². The number of aromatic nitrogens is 1. The number of rotatable bonds is 5. The molecule has 1 aromatic heterocycles. The number of benzene rings is 1. The van der Waals surface area contributed by atoms with E-state index in [1.54, 1.807) is 0 Å². The summed E-state index contributed by atoms with van der Waals surface area (Å²) in [5.41, 5.74) is 2.89. The van der Waals surface area contributed by atoms with Crippen LogP contribution in [0.25, 0.3) is 10.9 Å². The minimum Gasteiger partial charge on any atom is -0.395 e. The minimum atomic E-state index is 0.00605. The third-order valence-electron chi connectivity index (χ3n) is 5.21. The number of carbonyl (C=O) groups excluding carboxylic acids is 1. The van der Waals surface area contributed by atoms with Gasteiger partial charge in [-0.3, -0.25) is 4.79 Å². The lowest BCUT2D eigenvalue weighted by molar-refractivity contribution is 0.0947. The van der Waals surface area contributed by atoms with Gasteiger partial charge in [0, 0.05) is 24.7 Å². The highest BCUT2D eigenvalue weighted by atomic mass is 16.3. The zero-order chi connectivity index (χ0) is 16.9. The van der Waals surface area contributed by atoms with Gasteiger partial charge in [-0.25, -0.2) is 0 Å². The maximum atomic E-state index is 12.7. The highest BCUT2D eigenvalue weighted by Gasteiger charge is 2.18.